The van der Waals surface area contributed by atoms with Crippen LogP contribution in [0.1, 0.15) is 30.4 Å². The molecule has 2 rings (SSSR count). The van der Waals surface area contributed by atoms with Crippen molar-refractivity contribution in [3.8, 4) is 0 Å². The third-order valence-corrected chi connectivity index (χ3v) is 2.35. The number of fused-ring (bicyclic) bond motifs is 1. The van der Waals surface area contributed by atoms with E-state index in [4.69, 9.17) is 5.11 Å². The number of carboxylic acid groups (broad SMARTS) is 1. The van der Waals surface area contributed by atoms with Gasteiger partial charge in [0.2, 0.25) is 0 Å². The number of rotatable bonds is 2. The minimum absolute atomic E-state index is 0.0819. The molecule has 0 radical (unpaired) electrons. The molecule has 1 aromatic carbocycles. The Hall–Kier alpha value is -1.91. The van der Waals surface area contributed by atoms with Gasteiger partial charge < -0.3 is 5.11 Å². The lowest BCUT2D eigenvalue weighted by atomic mass is 10.2. The molecule has 84 valence electrons. The number of carboxylic acids is 1. The smallest absolute Gasteiger partial charge is 0.354 e. The molecule has 0 saturated heterocycles. The molecule has 1 N–H and O–H groups in total. The molecule has 0 atom stereocenters. The van der Waals surface area contributed by atoms with Crippen molar-refractivity contribution in [1.82, 2.24) is 9.78 Å². The van der Waals surface area contributed by atoms with Gasteiger partial charge in [-0.15, -0.1) is 0 Å². The second-order valence-electron chi connectivity index (χ2n) is 3.85. The fourth-order valence-corrected chi connectivity index (χ4v) is 1.66. The summed E-state index contributed by atoms with van der Waals surface area (Å²) in [5, 5.41) is 13.7. The lowest BCUT2D eigenvalue weighted by molar-refractivity contribution is 0.0683. The van der Waals surface area contributed by atoms with Gasteiger partial charge in [0.15, 0.2) is 5.69 Å². The van der Waals surface area contributed by atoms with E-state index in [0.29, 0.717) is 10.9 Å². The van der Waals surface area contributed by atoms with Crippen LogP contribution in [0.2, 0.25) is 0 Å². The first-order chi connectivity index (χ1) is 7.50. The summed E-state index contributed by atoms with van der Waals surface area (Å²) >= 11 is 0. The van der Waals surface area contributed by atoms with Crippen molar-refractivity contribution in [2.45, 2.75) is 19.9 Å². The Morgan fingerprint density at radius 3 is 2.75 bits per heavy atom. The van der Waals surface area contributed by atoms with Gasteiger partial charge in [0.25, 0.3) is 0 Å². The van der Waals surface area contributed by atoms with Gasteiger partial charge in [-0.2, -0.15) is 5.10 Å². The molecular formula is C11H11FN2O2. The van der Waals surface area contributed by atoms with E-state index < -0.39 is 11.8 Å². The molecule has 0 saturated carbocycles. The third kappa shape index (κ3) is 1.54. The van der Waals surface area contributed by atoms with Gasteiger partial charge in [0, 0.05) is 17.5 Å². The SMILES string of the molecule is CC(C)n1nc2cc(F)ccc2c1C(=O)O. The molecule has 0 amide bonds. The molecule has 5 heteroatoms. The molecule has 2 aromatic rings. The molecule has 1 heterocycles. The van der Waals surface area contributed by atoms with Gasteiger partial charge in [0.05, 0.1) is 5.52 Å². The van der Waals surface area contributed by atoms with Crippen LogP contribution in [0.25, 0.3) is 10.9 Å². The van der Waals surface area contributed by atoms with Gasteiger partial charge in [-0.05, 0) is 26.0 Å². The number of hydrogen-bond acceptors (Lipinski definition) is 2. The Morgan fingerprint density at radius 1 is 1.50 bits per heavy atom. The van der Waals surface area contributed by atoms with E-state index in [2.05, 4.69) is 5.10 Å². The monoisotopic (exact) mass is 222 g/mol. The number of nitrogens with zero attached hydrogens (tertiary/aromatic N) is 2. The molecule has 0 fully saturated rings. The minimum Gasteiger partial charge on any atom is -0.477 e. The van der Waals surface area contributed by atoms with Crippen molar-refractivity contribution in [3.05, 3.63) is 29.7 Å². The van der Waals surface area contributed by atoms with Crippen molar-refractivity contribution in [3.63, 3.8) is 0 Å². The highest BCUT2D eigenvalue weighted by Gasteiger charge is 2.19. The molecule has 0 spiro atoms. The molecule has 0 aliphatic carbocycles. The summed E-state index contributed by atoms with van der Waals surface area (Å²) < 4.78 is 14.4. The molecule has 0 unspecified atom stereocenters. The quantitative estimate of drug-likeness (QED) is 0.849. The average Bonchev–Trinajstić information content (AvgIpc) is 2.55. The van der Waals surface area contributed by atoms with Crippen molar-refractivity contribution >= 4 is 16.9 Å². The van der Waals surface area contributed by atoms with E-state index in [9.17, 15) is 9.18 Å². The Balaban J connectivity index is 2.81. The van der Waals surface area contributed by atoms with Crippen LogP contribution >= 0.6 is 0 Å². The zero-order valence-electron chi connectivity index (χ0n) is 8.94. The lowest BCUT2D eigenvalue weighted by Gasteiger charge is -2.07. The van der Waals surface area contributed by atoms with Crippen LogP contribution in [0.4, 0.5) is 4.39 Å². The van der Waals surface area contributed by atoms with E-state index in [1.165, 1.54) is 22.9 Å². The van der Waals surface area contributed by atoms with Crippen molar-refractivity contribution in [1.29, 1.82) is 0 Å². The van der Waals surface area contributed by atoms with Crippen LogP contribution in [0, 0.1) is 5.82 Å². The maximum Gasteiger partial charge on any atom is 0.354 e. The topological polar surface area (TPSA) is 55.1 Å². The second kappa shape index (κ2) is 3.59. The van der Waals surface area contributed by atoms with E-state index in [1.54, 1.807) is 0 Å². The fourth-order valence-electron chi connectivity index (χ4n) is 1.66. The first-order valence-corrected chi connectivity index (χ1v) is 4.91. The van der Waals surface area contributed by atoms with Gasteiger partial charge in [-0.1, -0.05) is 0 Å². The standard InChI is InChI=1S/C11H11FN2O2/c1-6(2)14-10(11(15)16)8-4-3-7(12)5-9(8)13-14/h3-6H,1-2H3,(H,15,16). The number of carbonyl (C=O) groups is 1. The Labute approximate surface area is 91.3 Å². The van der Waals surface area contributed by atoms with Crippen LogP contribution in [0.15, 0.2) is 18.2 Å². The van der Waals surface area contributed by atoms with E-state index in [-0.39, 0.29) is 11.7 Å². The zero-order valence-corrected chi connectivity index (χ0v) is 8.94. The summed E-state index contributed by atoms with van der Waals surface area (Å²) in [6.07, 6.45) is 0. The fraction of sp³-hybridized carbons (Fsp3) is 0.273. The molecule has 0 bridgehead atoms. The summed E-state index contributed by atoms with van der Waals surface area (Å²) in [5.74, 6) is -1.47. The number of hydrogen-bond donors (Lipinski definition) is 1. The molecule has 0 aliphatic rings. The van der Waals surface area contributed by atoms with Gasteiger partial charge in [-0.25, -0.2) is 9.18 Å². The Kier molecular flexibility index (Phi) is 2.38. The Bertz CT molecular complexity index is 560. The summed E-state index contributed by atoms with van der Waals surface area (Å²) in [4.78, 5) is 11.1. The molecule has 1 aromatic heterocycles. The predicted molar refractivity (Wildman–Crippen MR) is 57.0 cm³/mol. The highest BCUT2D eigenvalue weighted by molar-refractivity contribution is 6.01. The number of benzene rings is 1. The van der Waals surface area contributed by atoms with Crippen LogP contribution in [-0.4, -0.2) is 20.9 Å². The number of aromatic nitrogens is 2. The summed E-state index contributed by atoms with van der Waals surface area (Å²) in [6.45, 7) is 3.66. The highest BCUT2D eigenvalue weighted by Crippen LogP contribution is 2.22. The predicted octanol–water partition coefficient (Wildman–Crippen LogP) is 2.45. The Morgan fingerprint density at radius 2 is 2.19 bits per heavy atom. The highest BCUT2D eigenvalue weighted by atomic mass is 19.1. The average molecular weight is 222 g/mol. The van der Waals surface area contributed by atoms with Crippen LogP contribution < -0.4 is 0 Å². The normalized spacial score (nSPS) is 11.2. The first-order valence-electron chi connectivity index (χ1n) is 4.91. The number of aromatic carboxylic acids is 1. The van der Waals surface area contributed by atoms with Crippen molar-refractivity contribution in [2.24, 2.45) is 0 Å². The van der Waals surface area contributed by atoms with E-state index in [1.807, 2.05) is 13.8 Å². The van der Waals surface area contributed by atoms with Crippen LogP contribution in [-0.2, 0) is 0 Å². The zero-order chi connectivity index (χ0) is 11.9. The molecular weight excluding hydrogens is 211 g/mol. The van der Waals surface area contributed by atoms with Gasteiger partial charge in [-0.3, -0.25) is 4.68 Å². The summed E-state index contributed by atoms with van der Waals surface area (Å²) in [5.41, 5.74) is 0.469. The molecule has 16 heavy (non-hydrogen) atoms. The summed E-state index contributed by atoms with van der Waals surface area (Å²) in [6, 6.07) is 3.84. The maximum atomic E-state index is 13.0. The maximum absolute atomic E-state index is 13.0. The van der Waals surface area contributed by atoms with E-state index >= 15 is 0 Å². The minimum atomic E-state index is -1.05. The van der Waals surface area contributed by atoms with Crippen molar-refractivity contribution in [2.75, 3.05) is 0 Å². The largest absolute Gasteiger partial charge is 0.477 e. The van der Waals surface area contributed by atoms with Crippen LogP contribution in [0.5, 0.6) is 0 Å². The second-order valence-corrected chi connectivity index (χ2v) is 3.85. The lowest BCUT2D eigenvalue weighted by Crippen LogP contribution is -2.12. The van der Waals surface area contributed by atoms with E-state index in [0.717, 1.165) is 0 Å². The van der Waals surface area contributed by atoms with Crippen molar-refractivity contribution < 1.29 is 14.3 Å². The van der Waals surface area contributed by atoms with Crippen LogP contribution in [0.3, 0.4) is 0 Å². The third-order valence-electron chi connectivity index (χ3n) is 2.35. The van der Waals surface area contributed by atoms with Gasteiger partial charge in [0.1, 0.15) is 5.82 Å². The first kappa shape index (κ1) is 10.6. The molecule has 0 aliphatic heterocycles. The summed E-state index contributed by atoms with van der Waals surface area (Å²) in [7, 11) is 0. The van der Waals surface area contributed by atoms with Gasteiger partial charge >= 0.3 is 5.97 Å². The number of halogens is 1. The molecule has 4 nitrogen and oxygen atoms in total.